The zero-order valence-corrected chi connectivity index (χ0v) is 12.8. The summed E-state index contributed by atoms with van der Waals surface area (Å²) in [5.41, 5.74) is 2.33. The zero-order chi connectivity index (χ0) is 16.1. The molecule has 0 saturated carbocycles. The monoisotopic (exact) mass is 303 g/mol. The summed E-state index contributed by atoms with van der Waals surface area (Å²) in [5, 5.41) is 2.89. The summed E-state index contributed by atoms with van der Waals surface area (Å²) in [6.45, 7) is 1.97. The molecule has 3 nitrogen and oxygen atoms in total. The molecule has 0 unspecified atom stereocenters. The van der Waals surface area contributed by atoms with E-state index in [2.05, 4.69) is 5.32 Å². The Morgan fingerprint density at radius 1 is 0.870 bits per heavy atom. The fourth-order valence-electron chi connectivity index (χ4n) is 2.20. The normalized spacial score (nSPS) is 10.1. The summed E-state index contributed by atoms with van der Waals surface area (Å²) in [7, 11) is 0. The molecule has 23 heavy (non-hydrogen) atoms. The lowest BCUT2D eigenvalue weighted by Gasteiger charge is -2.11. The molecule has 114 valence electrons. The molecule has 0 bridgehead atoms. The van der Waals surface area contributed by atoms with E-state index in [1.165, 1.54) is 0 Å². The maximum atomic E-state index is 12.2. The summed E-state index contributed by atoms with van der Waals surface area (Å²) in [4.78, 5) is 12.2. The van der Waals surface area contributed by atoms with E-state index in [-0.39, 0.29) is 5.91 Å². The molecule has 0 aliphatic rings. The Hall–Kier alpha value is -3.07. The number of benzene rings is 3. The fraction of sp³-hybridized carbons (Fsp3) is 0.0500. The van der Waals surface area contributed by atoms with Crippen LogP contribution in [0.4, 0.5) is 5.69 Å². The van der Waals surface area contributed by atoms with Crippen LogP contribution in [0.15, 0.2) is 78.9 Å². The van der Waals surface area contributed by atoms with E-state index in [0.717, 1.165) is 17.1 Å². The third-order valence-electron chi connectivity index (χ3n) is 3.45. The Labute approximate surface area is 135 Å². The first-order valence-electron chi connectivity index (χ1n) is 7.42. The molecule has 0 aliphatic carbocycles. The second-order valence-electron chi connectivity index (χ2n) is 5.22. The van der Waals surface area contributed by atoms with Gasteiger partial charge in [-0.25, -0.2) is 0 Å². The molecule has 0 aromatic heterocycles. The van der Waals surface area contributed by atoms with Crippen molar-refractivity contribution in [2.45, 2.75) is 6.92 Å². The second kappa shape index (κ2) is 6.79. The highest BCUT2D eigenvalue weighted by atomic mass is 16.5. The number of amides is 1. The number of ether oxygens (including phenoxy) is 1. The first-order valence-corrected chi connectivity index (χ1v) is 7.42. The smallest absolute Gasteiger partial charge is 0.255 e. The van der Waals surface area contributed by atoms with Gasteiger partial charge in [0.25, 0.3) is 5.91 Å². The van der Waals surface area contributed by atoms with Crippen LogP contribution in [0.5, 0.6) is 11.5 Å². The Balaban J connectivity index is 1.79. The summed E-state index contributed by atoms with van der Waals surface area (Å²) in [6.07, 6.45) is 0. The highest BCUT2D eigenvalue weighted by molar-refractivity contribution is 6.04. The lowest BCUT2D eigenvalue weighted by Crippen LogP contribution is -2.11. The third-order valence-corrected chi connectivity index (χ3v) is 3.45. The average molecular weight is 303 g/mol. The van der Waals surface area contributed by atoms with Crippen molar-refractivity contribution in [3.8, 4) is 11.5 Å². The molecule has 3 heteroatoms. The topological polar surface area (TPSA) is 38.3 Å². The van der Waals surface area contributed by atoms with Crippen LogP contribution in [0.25, 0.3) is 0 Å². The molecule has 0 aliphatic heterocycles. The number of nitrogens with one attached hydrogen (secondary N) is 1. The standard InChI is InChI=1S/C20H17NO2/c1-15-12-13-17(21-20(22)16-8-4-2-5-9-16)14-19(15)23-18-10-6-3-7-11-18/h2-14H,1H3,(H,21,22). The van der Waals surface area contributed by atoms with Gasteiger partial charge >= 0.3 is 0 Å². The van der Waals surface area contributed by atoms with Crippen molar-refractivity contribution >= 4 is 11.6 Å². The number of carbonyl (C=O) groups is 1. The van der Waals surface area contributed by atoms with Crippen molar-refractivity contribution in [1.82, 2.24) is 0 Å². The summed E-state index contributed by atoms with van der Waals surface area (Å²) in [5.74, 6) is 1.35. The van der Waals surface area contributed by atoms with Crippen molar-refractivity contribution in [3.05, 3.63) is 90.0 Å². The number of para-hydroxylation sites is 1. The maximum Gasteiger partial charge on any atom is 0.255 e. The van der Waals surface area contributed by atoms with E-state index in [1.807, 2.05) is 73.7 Å². The maximum absolute atomic E-state index is 12.2. The van der Waals surface area contributed by atoms with Gasteiger partial charge in [-0.2, -0.15) is 0 Å². The first kappa shape index (κ1) is 14.9. The lowest BCUT2D eigenvalue weighted by molar-refractivity contribution is 0.102. The molecular weight excluding hydrogens is 286 g/mol. The van der Waals surface area contributed by atoms with Gasteiger partial charge in [0.1, 0.15) is 11.5 Å². The Morgan fingerprint density at radius 3 is 2.22 bits per heavy atom. The Morgan fingerprint density at radius 2 is 1.52 bits per heavy atom. The van der Waals surface area contributed by atoms with Crippen LogP contribution >= 0.6 is 0 Å². The van der Waals surface area contributed by atoms with Gasteiger partial charge in [0, 0.05) is 17.3 Å². The minimum absolute atomic E-state index is 0.139. The van der Waals surface area contributed by atoms with E-state index in [9.17, 15) is 4.79 Å². The number of aryl methyl sites for hydroxylation is 1. The van der Waals surface area contributed by atoms with Gasteiger partial charge in [-0.15, -0.1) is 0 Å². The van der Waals surface area contributed by atoms with Gasteiger partial charge in [0.15, 0.2) is 0 Å². The Kier molecular flexibility index (Phi) is 4.39. The summed E-state index contributed by atoms with van der Waals surface area (Å²) >= 11 is 0. The molecule has 0 heterocycles. The van der Waals surface area contributed by atoms with Gasteiger partial charge in [-0.05, 0) is 42.8 Å². The summed E-state index contributed by atoms with van der Waals surface area (Å²) in [6, 6.07) is 24.3. The van der Waals surface area contributed by atoms with Crippen LogP contribution < -0.4 is 10.1 Å². The minimum atomic E-state index is -0.139. The average Bonchev–Trinajstić information content (AvgIpc) is 2.59. The number of rotatable bonds is 4. The highest BCUT2D eigenvalue weighted by Crippen LogP contribution is 2.28. The van der Waals surface area contributed by atoms with Crippen molar-refractivity contribution < 1.29 is 9.53 Å². The summed E-state index contributed by atoms with van der Waals surface area (Å²) < 4.78 is 5.89. The van der Waals surface area contributed by atoms with E-state index in [1.54, 1.807) is 12.1 Å². The molecule has 0 atom stereocenters. The number of hydrogen-bond donors (Lipinski definition) is 1. The van der Waals surface area contributed by atoms with Gasteiger partial charge in [0.05, 0.1) is 0 Å². The quantitative estimate of drug-likeness (QED) is 0.733. The van der Waals surface area contributed by atoms with Gasteiger partial charge in [-0.1, -0.05) is 42.5 Å². The molecule has 1 N–H and O–H groups in total. The van der Waals surface area contributed by atoms with Gasteiger partial charge in [-0.3, -0.25) is 4.79 Å². The van der Waals surface area contributed by atoms with Crippen molar-refractivity contribution in [2.75, 3.05) is 5.32 Å². The molecule has 0 spiro atoms. The van der Waals surface area contributed by atoms with Crippen LogP contribution in [-0.2, 0) is 0 Å². The molecule has 0 fully saturated rings. The number of hydrogen-bond acceptors (Lipinski definition) is 2. The van der Waals surface area contributed by atoms with Crippen molar-refractivity contribution in [2.24, 2.45) is 0 Å². The van der Waals surface area contributed by atoms with Gasteiger partial charge < -0.3 is 10.1 Å². The molecule has 0 saturated heterocycles. The zero-order valence-electron chi connectivity index (χ0n) is 12.8. The molecule has 1 amide bonds. The molecule has 0 radical (unpaired) electrons. The molecule has 3 aromatic rings. The highest BCUT2D eigenvalue weighted by Gasteiger charge is 2.08. The predicted molar refractivity (Wildman–Crippen MR) is 92.1 cm³/mol. The fourth-order valence-corrected chi connectivity index (χ4v) is 2.20. The molecule has 3 rings (SSSR count). The van der Waals surface area contributed by atoms with Crippen LogP contribution in [0.2, 0.25) is 0 Å². The van der Waals surface area contributed by atoms with Crippen molar-refractivity contribution in [1.29, 1.82) is 0 Å². The second-order valence-corrected chi connectivity index (χ2v) is 5.22. The Bertz CT molecular complexity index is 798. The minimum Gasteiger partial charge on any atom is -0.457 e. The SMILES string of the molecule is Cc1ccc(NC(=O)c2ccccc2)cc1Oc1ccccc1. The predicted octanol–water partition coefficient (Wildman–Crippen LogP) is 5.04. The number of anilines is 1. The number of carbonyl (C=O) groups excluding carboxylic acids is 1. The van der Waals surface area contributed by atoms with Crippen LogP contribution in [0, 0.1) is 6.92 Å². The van der Waals surface area contributed by atoms with E-state index < -0.39 is 0 Å². The van der Waals surface area contributed by atoms with E-state index in [4.69, 9.17) is 4.74 Å². The molecule has 3 aromatic carbocycles. The van der Waals surface area contributed by atoms with Crippen LogP contribution in [0.1, 0.15) is 15.9 Å². The molecular formula is C20H17NO2. The third kappa shape index (κ3) is 3.77. The van der Waals surface area contributed by atoms with E-state index in [0.29, 0.717) is 11.3 Å². The first-order chi connectivity index (χ1) is 11.2. The lowest BCUT2D eigenvalue weighted by atomic mass is 10.1. The van der Waals surface area contributed by atoms with Crippen LogP contribution in [-0.4, -0.2) is 5.91 Å². The van der Waals surface area contributed by atoms with Crippen molar-refractivity contribution in [3.63, 3.8) is 0 Å². The van der Waals surface area contributed by atoms with E-state index >= 15 is 0 Å². The van der Waals surface area contributed by atoms with Gasteiger partial charge in [0.2, 0.25) is 0 Å². The van der Waals surface area contributed by atoms with Crippen LogP contribution in [0.3, 0.4) is 0 Å². The largest absolute Gasteiger partial charge is 0.457 e.